The minimum absolute atomic E-state index is 0. The van der Waals surface area contributed by atoms with Crippen molar-refractivity contribution in [2.75, 3.05) is 37.6 Å². The molecule has 2 saturated carbocycles. The summed E-state index contributed by atoms with van der Waals surface area (Å²) in [4.78, 5) is 28.5. The fourth-order valence-corrected chi connectivity index (χ4v) is 10.2. The maximum atomic E-state index is 14.6. The maximum absolute atomic E-state index is 14.6. The molecule has 268 valence electrons. The van der Waals surface area contributed by atoms with Crippen LogP contribution < -0.4 is 9.46 Å². The highest BCUT2D eigenvalue weighted by molar-refractivity contribution is 7.92. The number of carbonyl (C=O) groups is 1. The van der Waals surface area contributed by atoms with Gasteiger partial charge in [-0.25, -0.2) is 18.1 Å². The van der Waals surface area contributed by atoms with Crippen molar-refractivity contribution >= 4 is 34.3 Å². The van der Waals surface area contributed by atoms with Gasteiger partial charge in [-0.05, 0) is 99.5 Å². The maximum Gasteiger partial charge on any atom is 0.264 e. The van der Waals surface area contributed by atoms with Gasteiger partial charge in [0, 0.05) is 56.1 Å². The first-order chi connectivity index (χ1) is 23.7. The van der Waals surface area contributed by atoms with Crippen molar-refractivity contribution < 1.29 is 22.7 Å². The van der Waals surface area contributed by atoms with Gasteiger partial charge in [0.15, 0.2) is 0 Å². The molecule has 1 spiro atoms. The second kappa shape index (κ2) is 14.1. The molecule has 0 unspecified atom stereocenters. The van der Waals surface area contributed by atoms with E-state index in [4.69, 9.17) is 14.5 Å². The number of nitrogens with one attached hydrogen (secondary N) is 1. The highest BCUT2D eigenvalue weighted by Crippen LogP contribution is 2.55. The summed E-state index contributed by atoms with van der Waals surface area (Å²) in [6.45, 7) is 7.48. The van der Waals surface area contributed by atoms with Gasteiger partial charge in [0.1, 0.15) is 6.10 Å². The normalized spacial score (nSPS) is 24.9. The third-order valence-electron chi connectivity index (χ3n) is 11.9. The highest BCUT2D eigenvalue weighted by Gasteiger charge is 2.51. The smallest absolute Gasteiger partial charge is 0.264 e. The van der Waals surface area contributed by atoms with Crippen LogP contribution in [0.4, 0.5) is 5.95 Å². The number of benzene rings is 2. The Hall–Kier alpha value is -3.25. The van der Waals surface area contributed by atoms with Gasteiger partial charge >= 0.3 is 0 Å². The molecule has 4 heterocycles. The number of likely N-dealkylation sites (tertiary alicyclic amines) is 1. The van der Waals surface area contributed by atoms with Crippen LogP contribution in [0.25, 0.3) is 11.3 Å². The molecule has 50 heavy (non-hydrogen) atoms. The van der Waals surface area contributed by atoms with Crippen molar-refractivity contribution in [3.63, 3.8) is 0 Å². The zero-order valence-electron chi connectivity index (χ0n) is 29.0. The number of hydrogen-bond acceptors (Lipinski definition) is 8. The number of hydrogen-bond donors (Lipinski definition) is 1. The Kier molecular flexibility index (Phi) is 9.88. The molecule has 5 aliphatic rings. The number of aryl methyl sites for hydroxylation is 2. The molecule has 3 aromatic rings. The average Bonchev–Trinajstić information content (AvgIpc) is 3.72. The number of fused-ring (bicyclic) bond motifs is 5. The minimum Gasteiger partial charge on any atom is -0.471 e. The highest BCUT2D eigenvalue weighted by atomic mass is 35.5. The third-order valence-corrected chi connectivity index (χ3v) is 13.2. The van der Waals surface area contributed by atoms with Gasteiger partial charge in [0.2, 0.25) is 11.8 Å². The fraction of sp³-hybridized carbons (Fsp3) is 0.553. The molecule has 1 amide bonds. The first-order valence-corrected chi connectivity index (χ1v) is 19.5. The van der Waals surface area contributed by atoms with E-state index in [1.54, 1.807) is 12.1 Å². The van der Waals surface area contributed by atoms with E-state index >= 15 is 0 Å². The number of halogens is 1. The summed E-state index contributed by atoms with van der Waals surface area (Å²) in [6, 6.07) is 14.4. The second-order valence-electron chi connectivity index (χ2n) is 15.1. The van der Waals surface area contributed by atoms with E-state index in [1.165, 1.54) is 50.7 Å². The minimum atomic E-state index is -4.12. The summed E-state index contributed by atoms with van der Waals surface area (Å²) < 4.78 is 42.6. The van der Waals surface area contributed by atoms with Crippen molar-refractivity contribution in [1.29, 1.82) is 0 Å². The molecule has 1 aromatic heterocycles. The fourth-order valence-electron chi connectivity index (χ4n) is 9.18. The van der Waals surface area contributed by atoms with E-state index in [0.29, 0.717) is 54.1 Å². The summed E-state index contributed by atoms with van der Waals surface area (Å²) >= 11 is 0. The van der Waals surface area contributed by atoms with E-state index < -0.39 is 10.0 Å². The number of carbonyl (C=O) groups excluding carboxylic acids is 1. The summed E-state index contributed by atoms with van der Waals surface area (Å²) in [5.41, 5.74) is 4.38. The molecule has 1 N–H and O–H groups in total. The Bertz CT molecular complexity index is 1820. The molecule has 10 nitrogen and oxygen atoms in total. The van der Waals surface area contributed by atoms with Crippen LogP contribution in [0.2, 0.25) is 0 Å². The van der Waals surface area contributed by atoms with Crippen LogP contribution in [-0.2, 0) is 14.8 Å². The first-order valence-electron chi connectivity index (χ1n) is 18.0. The van der Waals surface area contributed by atoms with Gasteiger partial charge in [0.05, 0.1) is 16.6 Å². The molecule has 2 aliphatic carbocycles. The molecular weight excluding hydrogens is 674 g/mol. The lowest BCUT2D eigenvalue weighted by atomic mass is 9.64. The Morgan fingerprint density at radius 3 is 2.42 bits per heavy atom. The van der Waals surface area contributed by atoms with Crippen LogP contribution in [0.1, 0.15) is 79.3 Å². The third kappa shape index (κ3) is 6.86. The molecule has 2 aromatic carbocycles. The predicted molar refractivity (Wildman–Crippen MR) is 194 cm³/mol. The predicted octanol–water partition coefficient (Wildman–Crippen LogP) is 6.41. The van der Waals surface area contributed by atoms with Crippen LogP contribution >= 0.6 is 12.4 Å². The molecule has 2 saturated heterocycles. The number of rotatable bonds is 5. The van der Waals surface area contributed by atoms with Crippen molar-refractivity contribution in [3.8, 4) is 17.1 Å². The molecule has 12 heteroatoms. The summed E-state index contributed by atoms with van der Waals surface area (Å²) in [5, 5.41) is 0. The van der Waals surface area contributed by atoms with Crippen molar-refractivity contribution in [3.05, 3.63) is 65.2 Å². The van der Waals surface area contributed by atoms with Crippen LogP contribution in [0.15, 0.2) is 53.4 Å². The monoisotopic (exact) mass is 721 g/mol. The van der Waals surface area contributed by atoms with E-state index in [1.807, 2.05) is 43.0 Å². The van der Waals surface area contributed by atoms with E-state index in [0.717, 1.165) is 49.2 Å². The van der Waals surface area contributed by atoms with E-state index in [-0.39, 0.29) is 41.3 Å². The van der Waals surface area contributed by atoms with Gasteiger partial charge in [-0.1, -0.05) is 37.1 Å². The number of nitrogens with zero attached hydrogens (tertiary/aromatic N) is 4. The van der Waals surface area contributed by atoms with Gasteiger partial charge in [-0.3, -0.25) is 9.69 Å². The lowest BCUT2D eigenvalue weighted by Gasteiger charge is -2.49. The molecule has 0 radical (unpaired) electrons. The number of amides is 1. The first kappa shape index (κ1) is 35.2. The molecule has 2 atom stereocenters. The SMILES string of the molecule is Cc1cccc(C)c1-c1cc2nc(n1)NS(=O)(=O)c1cccc(c1)C(=O)N(CCC1CCOCC1)[C@@H]1CN(C3CC4(CCCC4)C3)C[C@H]1O2.Cl. The summed E-state index contributed by atoms with van der Waals surface area (Å²) in [5.74, 6) is 0.540. The lowest BCUT2D eigenvalue weighted by molar-refractivity contribution is 0.0111. The Morgan fingerprint density at radius 1 is 0.960 bits per heavy atom. The second-order valence-corrected chi connectivity index (χ2v) is 16.8. The molecule has 3 aliphatic heterocycles. The molecular formula is C38H48ClN5O5S. The summed E-state index contributed by atoms with van der Waals surface area (Å²) in [7, 11) is -4.12. The largest absolute Gasteiger partial charge is 0.471 e. The molecule has 4 fully saturated rings. The van der Waals surface area contributed by atoms with E-state index in [2.05, 4.69) is 14.6 Å². The van der Waals surface area contributed by atoms with Gasteiger partial charge in [-0.15, -0.1) is 12.4 Å². The molecule has 4 bridgehead atoms. The standard InChI is InChI=1S/C38H47N5O5S.ClH/c1-25-7-5-8-26(2)35(25)31-20-34-40-37(39-31)41-49(45,46)30-10-6-9-28(19-30)36(44)43(16-11-27-12-17-47-18-13-27)32-23-42(24-33(32)48-34)29-21-38(22-29)14-3-4-15-38;/h5-10,19-20,27,29,32-33H,3-4,11-18,21-24H2,1-2H3,(H,39,40,41);1H/t32-,33-;/m1./s1. The zero-order chi connectivity index (χ0) is 33.8. The van der Waals surface area contributed by atoms with Crippen LogP contribution in [0.3, 0.4) is 0 Å². The average molecular weight is 722 g/mol. The number of aromatic nitrogens is 2. The zero-order valence-corrected chi connectivity index (χ0v) is 30.6. The van der Waals surface area contributed by atoms with Crippen LogP contribution in [0.5, 0.6) is 5.88 Å². The van der Waals surface area contributed by atoms with Gasteiger partial charge in [-0.2, -0.15) is 4.98 Å². The Labute approximate surface area is 301 Å². The summed E-state index contributed by atoms with van der Waals surface area (Å²) in [6.07, 6.45) is 10.2. The number of ether oxygens (including phenoxy) is 2. The van der Waals surface area contributed by atoms with Crippen molar-refractivity contribution in [2.45, 2.75) is 94.7 Å². The van der Waals surface area contributed by atoms with Gasteiger partial charge in [0.25, 0.3) is 15.9 Å². The van der Waals surface area contributed by atoms with Crippen LogP contribution in [0, 0.1) is 25.2 Å². The van der Waals surface area contributed by atoms with Crippen molar-refractivity contribution in [1.82, 2.24) is 19.8 Å². The van der Waals surface area contributed by atoms with E-state index in [9.17, 15) is 13.2 Å². The van der Waals surface area contributed by atoms with Crippen LogP contribution in [-0.4, -0.2) is 85.1 Å². The Balaban J connectivity index is 0.00000392. The quantitative estimate of drug-likeness (QED) is 0.322. The van der Waals surface area contributed by atoms with Gasteiger partial charge < -0.3 is 14.4 Å². The number of anilines is 1. The number of sulfonamides is 1. The molecule has 8 rings (SSSR count). The van der Waals surface area contributed by atoms with Crippen molar-refractivity contribution in [2.24, 2.45) is 11.3 Å². The lowest BCUT2D eigenvalue weighted by Crippen LogP contribution is -2.51. The Morgan fingerprint density at radius 2 is 1.68 bits per heavy atom. The topological polar surface area (TPSA) is 114 Å².